The van der Waals surface area contributed by atoms with Gasteiger partial charge in [0.2, 0.25) is 0 Å². The highest BCUT2D eigenvalue weighted by atomic mass is 16.2. The van der Waals surface area contributed by atoms with E-state index in [1.165, 1.54) is 0 Å². The zero-order valence-corrected chi connectivity index (χ0v) is 15.9. The summed E-state index contributed by atoms with van der Waals surface area (Å²) in [6.07, 6.45) is 1.75. The maximum Gasteiger partial charge on any atom is 0.253 e. The molecule has 7 nitrogen and oxygen atoms in total. The van der Waals surface area contributed by atoms with Crippen LogP contribution in [0.4, 0.5) is 17.2 Å². The number of hydrogen-bond acceptors (Lipinski definition) is 6. The first kappa shape index (κ1) is 18.0. The molecular weight excluding hydrogens is 328 g/mol. The van der Waals surface area contributed by atoms with E-state index in [9.17, 15) is 4.79 Å². The molecule has 0 spiro atoms. The largest absolute Gasteiger partial charge is 0.378 e. The molecule has 7 heteroatoms. The number of amides is 1. The molecule has 1 aliphatic rings. The van der Waals surface area contributed by atoms with Gasteiger partial charge in [-0.3, -0.25) is 4.79 Å². The second kappa shape index (κ2) is 7.59. The van der Waals surface area contributed by atoms with Crippen LogP contribution in [0.5, 0.6) is 0 Å². The fourth-order valence-electron chi connectivity index (χ4n) is 2.97. The molecule has 0 unspecified atom stereocenters. The number of benzene rings is 1. The maximum absolute atomic E-state index is 12.7. The molecular formula is C19H26N6O. The third-order valence-corrected chi connectivity index (χ3v) is 4.67. The Hall–Kier alpha value is -2.83. The monoisotopic (exact) mass is 354 g/mol. The Morgan fingerprint density at radius 2 is 1.54 bits per heavy atom. The predicted octanol–water partition coefficient (Wildman–Crippen LogP) is 1.57. The summed E-state index contributed by atoms with van der Waals surface area (Å²) in [5, 5.41) is 8.33. The van der Waals surface area contributed by atoms with Crippen molar-refractivity contribution in [3.05, 3.63) is 42.1 Å². The van der Waals surface area contributed by atoms with Gasteiger partial charge in [-0.2, -0.15) is 5.10 Å². The van der Waals surface area contributed by atoms with Gasteiger partial charge in [-0.05, 0) is 24.3 Å². The third-order valence-electron chi connectivity index (χ3n) is 4.67. The van der Waals surface area contributed by atoms with Crippen molar-refractivity contribution in [2.24, 2.45) is 0 Å². The van der Waals surface area contributed by atoms with Crippen molar-refractivity contribution in [1.29, 1.82) is 0 Å². The van der Waals surface area contributed by atoms with Crippen molar-refractivity contribution in [3.63, 3.8) is 0 Å². The van der Waals surface area contributed by atoms with Crippen LogP contribution in [-0.2, 0) is 0 Å². The van der Waals surface area contributed by atoms with Crippen LogP contribution in [0.15, 0.2) is 36.5 Å². The highest BCUT2D eigenvalue weighted by Crippen LogP contribution is 2.20. The zero-order valence-electron chi connectivity index (χ0n) is 15.9. The minimum Gasteiger partial charge on any atom is -0.378 e. The van der Waals surface area contributed by atoms with Gasteiger partial charge >= 0.3 is 0 Å². The Morgan fingerprint density at radius 3 is 2.12 bits per heavy atom. The Labute approximate surface area is 154 Å². The van der Waals surface area contributed by atoms with Crippen molar-refractivity contribution < 1.29 is 4.79 Å². The summed E-state index contributed by atoms with van der Waals surface area (Å²) in [5.41, 5.74) is 2.85. The third kappa shape index (κ3) is 3.87. The van der Waals surface area contributed by atoms with Crippen LogP contribution in [0.1, 0.15) is 10.4 Å². The average Bonchev–Trinajstić information content (AvgIpc) is 2.67. The van der Waals surface area contributed by atoms with E-state index in [-0.39, 0.29) is 5.91 Å². The van der Waals surface area contributed by atoms with Crippen molar-refractivity contribution in [2.75, 3.05) is 69.1 Å². The van der Waals surface area contributed by atoms with Gasteiger partial charge < -0.3 is 19.6 Å². The first-order chi connectivity index (χ1) is 12.5. The van der Waals surface area contributed by atoms with E-state index in [1.54, 1.807) is 6.20 Å². The first-order valence-corrected chi connectivity index (χ1v) is 8.77. The molecule has 0 atom stereocenters. The summed E-state index contributed by atoms with van der Waals surface area (Å²) in [5.74, 6) is 0.946. The van der Waals surface area contributed by atoms with E-state index in [0.717, 1.165) is 35.8 Å². The molecule has 1 fully saturated rings. The Kier molecular flexibility index (Phi) is 5.25. The van der Waals surface area contributed by atoms with Gasteiger partial charge in [0.1, 0.15) is 0 Å². The van der Waals surface area contributed by atoms with E-state index >= 15 is 0 Å². The van der Waals surface area contributed by atoms with Gasteiger partial charge in [-0.1, -0.05) is 0 Å². The highest BCUT2D eigenvalue weighted by Gasteiger charge is 2.23. The molecule has 0 saturated carbocycles. The van der Waals surface area contributed by atoms with Gasteiger partial charge in [0.05, 0.1) is 11.9 Å². The lowest BCUT2D eigenvalue weighted by atomic mass is 10.1. The van der Waals surface area contributed by atoms with Crippen molar-refractivity contribution in [1.82, 2.24) is 15.1 Å². The SMILES string of the molecule is CN(C)c1ccc(C(=O)N2CCN(c3cc(N(C)C)cnn3)CC2)cc1. The number of aromatic nitrogens is 2. The van der Waals surface area contributed by atoms with Crippen LogP contribution in [0.25, 0.3) is 0 Å². The molecule has 0 N–H and O–H groups in total. The van der Waals surface area contributed by atoms with Crippen LogP contribution in [0.3, 0.4) is 0 Å². The summed E-state index contributed by atoms with van der Waals surface area (Å²) in [6, 6.07) is 9.79. The van der Waals surface area contributed by atoms with Crippen LogP contribution >= 0.6 is 0 Å². The summed E-state index contributed by atoms with van der Waals surface area (Å²) in [4.78, 5) is 20.8. The second-order valence-corrected chi connectivity index (χ2v) is 6.89. The molecule has 3 rings (SSSR count). The zero-order chi connectivity index (χ0) is 18.7. The smallest absolute Gasteiger partial charge is 0.253 e. The van der Waals surface area contributed by atoms with Crippen LogP contribution in [-0.4, -0.2) is 75.4 Å². The Bertz CT molecular complexity index is 751. The molecule has 1 aliphatic heterocycles. The molecule has 1 aromatic carbocycles. The number of rotatable bonds is 4. The highest BCUT2D eigenvalue weighted by molar-refractivity contribution is 5.94. The Morgan fingerprint density at radius 1 is 0.923 bits per heavy atom. The molecule has 0 aliphatic carbocycles. The van der Waals surface area contributed by atoms with Gasteiger partial charge in [0, 0.05) is 71.7 Å². The molecule has 2 heterocycles. The summed E-state index contributed by atoms with van der Waals surface area (Å²) in [6.45, 7) is 2.88. The number of hydrogen-bond donors (Lipinski definition) is 0. The van der Waals surface area contributed by atoms with Crippen molar-refractivity contribution in [2.45, 2.75) is 0 Å². The molecule has 0 bridgehead atoms. The van der Waals surface area contributed by atoms with Gasteiger partial charge in [0.25, 0.3) is 5.91 Å². The lowest BCUT2D eigenvalue weighted by Gasteiger charge is -2.35. The van der Waals surface area contributed by atoms with Crippen molar-refractivity contribution in [3.8, 4) is 0 Å². The van der Waals surface area contributed by atoms with E-state index in [0.29, 0.717) is 13.1 Å². The van der Waals surface area contributed by atoms with E-state index < -0.39 is 0 Å². The quantitative estimate of drug-likeness (QED) is 0.831. The van der Waals surface area contributed by atoms with Gasteiger partial charge in [-0.15, -0.1) is 5.10 Å². The molecule has 1 saturated heterocycles. The Balaban J connectivity index is 1.63. The minimum atomic E-state index is 0.0862. The molecule has 2 aromatic rings. The number of anilines is 3. The maximum atomic E-state index is 12.7. The number of carbonyl (C=O) groups is 1. The molecule has 26 heavy (non-hydrogen) atoms. The summed E-state index contributed by atoms with van der Waals surface area (Å²) < 4.78 is 0. The fraction of sp³-hybridized carbons (Fsp3) is 0.421. The summed E-state index contributed by atoms with van der Waals surface area (Å²) in [7, 11) is 7.95. The number of nitrogens with zero attached hydrogens (tertiary/aromatic N) is 6. The van der Waals surface area contributed by atoms with E-state index in [2.05, 4.69) is 15.1 Å². The second-order valence-electron chi connectivity index (χ2n) is 6.89. The molecule has 1 aromatic heterocycles. The normalized spacial score (nSPS) is 14.3. The molecule has 0 radical (unpaired) electrons. The van der Waals surface area contributed by atoms with Crippen LogP contribution in [0, 0.1) is 0 Å². The molecule has 1 amide bonds. The average molecular weight is 354 g/mol. The minimum absolute atomic E-state index is 0.0862. The first-order valence-electron chi connectivity index (χ1n) is 8.77. The van der Waals surface area contributed by atoms with E-state index in [1.807, 2.05) is 73.2 Å². The summed E-state index contributed by atoms with van der Waals surface area (Å²) >= 11 is 0. The lowest BCUT2D eigenvalue weighted by Crippen LogP contribution is -2.49. The van der Waals surface area contributed by atoms with Crippen LogP contribution in [0.2, 0.25) is 0 Å². The van der Waals surface area contributed by atoms with Gasteiger partial charge in [0.15, 0.2) is 5.82 Å². The number of carbonyl (C=O) groups excluding carboxylic acids is 1. The standard InChI is InChI=1S/C19H26N6O/c1-22(2)16-7-5-15(6-8-16)19(26)25-11-9-24(10-12-25)18-13-17(23(3)4)14-20-21-18/h5-8,13-14H,9-12H2,1-4H3. The molecule has 138 valence electrons. The van der Waals surface area contributed by atoms with Gasteiger partial charge in [-0.25, -0.2) is 0 Å². The topological polar surface area (TPSA) is 55.8 Å². The predicted molar refractivity (Wildman–Crippen MR) is 105 cm³/mol. The lowest BCUT2D eigenvalue weighted by molar-refractivity contribution is 0.0746. The van der Waals surface area contributed by atoms with E-state index in [4.69, 9.17) is 0 Å². The van der Waals surface area contributed by atoms with Crippen molar-refractivity contribution >= 4 is 23.1 Å². The number of piperazine rings is 1. The fourth-order valence-corrected chi connectivity index (χ4v) is 2.97. The van der Waals surface area contributed by atoms with Crippen LogP contribution < -0.4 is 14.7 Å².